The van der Waals surface area contributed by atoms with E-state index >= 15 is 0 Å². The number of carboxylic acids is 1. The number of amides is 1. The molecule has 1 aliphatic rings. The molecule has 0 aliphatic carbocycles. The second-order valence-electron chi connectivity index (χ2n) is 11.3. The van der Waals surface area contributed by atoms with Gasteiger partial charge in [0, 0.05) is 24.9 Å². The van der Waals surface area contributed by atoms with Crippen molar-refractivity contribution in [3.8, 4) is 11.5 Å². The molecule has 1 amide bonds. The highest BCUT2D eigenvalue weighted by molar-refractivity contribution is 5.83. The quantitative estimate of drug-likeness (QED) is 0.321. The number of rotatable bonds is 11. The van der Waals surface area contributed by atoms with Crippen LogP contribution < -0.4 is 9.47 Å². The van der Waals surface area contributed by atoms with Crippen molar-refractivity contribution in [3.05, 3.63) is 94.5 Å². The van der Waals surface area contributed by atoms with Crippen molar-refractivity contribution >= 4 is 11.9 Å². The second-order valence-corrected chi connectivity index (χ2v) is 11.3. The summed E-state index contributed by atoms with van der Waals surface area (Å²) in [6, 6.07) is 22.0. The highest BCUT2D eigenvalue weighted by Gasteiger charge is 2.35. The van der Waals surface area contributed by atoms with Gasteiger partial charge < -0.3 is 19.5 Å². The van der Waals surface area contributed by atoms with Gasteiger partial charge in [0.05, 0.1) is 12.5 Å². The lowest BCUT2D eigenvalue weighted by molar-refractivity contribution is -0.144. The molecule has 0 spiro atoms. The summed E-state index contributed by atoms with van der Waals surface area (Å²) in [5.41, 5.74) is 4.88. The molecule has 0 radical (unpaired) electrons. The number of benzene rings is 3. The normalized spacial score (nSPS) is 16.2. The molecule has 1 N–H and O–H groups in total. The molecule has 6 heteroatoms. The van der Waals surface area contributed by atoms with Crippen LogP contribution in [0, 0.1) is 0 Å². The number of para-hydroxylation sites is 1. The molecule has 0 fully saturated rings. The van der Waals surface area contributed by atoms with Crippen LogP contribution in [0.25, 0.3) is 0 Å². The van der Waals surface area contributed by atoms with Gasteiger partial charge in [-0.15, -0.1) is 0 Å². The van der Waals surface area contributed by atoms with E-state index in [0.29, 0.717) is 11.7 Å². The fourth-order valence-corrected chi connectivity index (χ4v) is 5.13. The van der Waals surface area contributed by atoms with Crippen molar-refractivity contribution in [2.45, 2.75) is 78.0 Å². The Morgan fingerprint density at radius 2 is 1.69 bits per heavy atom. The first-order valence-electron chi connectivity index (χ1n) is 13.6. The second kappa shape index (κ2) is 11.9. The Bertz CT molecular complexity index is 1310. The molecule has 3 aromatic rings. The summed E-state index contributed by atoms with van der Waals surface area (Å²) in [5.74, 6) is 0.698. The first-order valence-corrected chi connectivity index (χ1v) is 13.6. The number of hydrogen-bond acceptors (Lipinski definition) is 4. The molecule has 0 saturated heterocycles. The lowest BCUT2D eigenvalue weighted by Gasteiger charge is -2.24. The molecular weight excluding hydrogens is 490 g/mol. The lowest BCUT2D eigenvalue weighted by Crippen LogP contribution is -2.36. The molecule has 4 rings (SSSR count). The first-order chi connectivity index (χ1) is 18.5. The van der Waals surface area contributed by atoms with Gasteiger partial charge in [0.1, 0.15) is 23.6 Å². The highest BCUT2D eigenvalue weighted by Crippen LogP contribution is 2.38. The SMILES string of the molecule is CC(C)Oc1ccccc1CN(CC(=O)O)C(=O)Cc1ccc2c(c1)C[C@@](C)(Cc1ccc(C(C)C)cc1)O2. The highest BCUT2D eigenvalue weighted by atomic mass is 16.5. The summed E-state index contributed by atoms with van der Waals surface area (Å²) in [5, 5.41) is 9.50. The molecule has 3 aromatic carbocycles. The van der Waals surface area contributed by atoms with Crippen LogP contribution in [0.4, 0.5) is 0 Å². The third-order valence-electron chi connectivity index (χ3n) is 7.00. The summed E-state index contributed by atoms with van der Waals surface area (Å²) < 4.78 is 12.3. The van der Waals surface area contributed by atoms with Gasteiger partial charge in [0.2, 0.25) is 5.91 Å². The maximum atomic E-state index is 13.3. The molecule has 0 unspecified atom stereocenters. The van der Waals surface area contributed by atoms with E-state index in [1.165, 1.54) is 16.0 Å². The van der Waals surface area contributed by atoms with Crippen LogP contribution in [0.1, 0.15) is 68.4 Å². The fourth-order valence-electron chi connectivity index (χ4n) is 5.13. The Morgan fingerprint density at radius 1 is 1.00 bits per heavy atom. The summed E-state index contributed by atoms with van der Waals surface area (Å²) in [6.07, 6.45) is 1.61. The minimum absolute atomic E-state index is 0.0338. The van der Waals surface area contributed by atoms with Gasteiger partial charge in [0.25, 0.3) is 0 Å². The molecule has 1 aliphatic heterocycles. The molecule has 6 nitrogen and oxygen atoms in total. The van der Waals surface area contributed by atoms with Gasteiger partial charge in [-0.2, -0.15) is 0 Å². The average molecular weight is 530 g/mol. The third kappa shape index (κ3) is 7.41. The summed E-state index contributed by atoms with van der Waals surface area (Å²) in [7, 11) is 0. The predicted molar refractivity (Wildman–Crippen MR) is 152 cm³/mol. The van der Waals surface area contributed by atoms with Crippen molar-refractivity contribution in [1.82, 2.24) is 4.90 Å². The number of hydrogen-bond donors (Lipinski definition) is 1. The average Bonchev–Trinajstić information content (AvgIpc) is 3.19. The zero-order valence-corrected chi connectivity index (χ0v) is 23.6. The molecule has 0 bridgehead atoms. The van der Waals surface area contributed by atoms with Gasteiger partial charge >= 0.3 is 5.97 Å². The molecule has 206 valence electrons. The minimum Gasteiger partial charge on any atom is -0.491 e. The summed E-state index contributed by atoms with van der Waals surface area (Å²) >= 11 is 0. The van der Waals surface area contributed by atoms with E-state index < -0.39 is 5.97 Å². The molecule has 1 atom stereocenters. The first kappa shape index (κ1) is 28.2. The minimum atomic E-state index is -1.05. The maximum absolute atomic E-state index is 13.3. The predicted octanol–water partition coefficient (Wildman–Crippen LogP) is 6.19. The van der Waals surface area contributed by atoms with E-state index in [9.17, 15) is 14.7 Å². The number of fused-ring (bicyclic) bond motifs is 1. The van der Waals surface area contributed by atoms with Crippen molar-refractivity contribution in [3.63, 3.8) is 0 Å². The third-order valence-corrected chi connectivity index (χ3v) is 7.00. The Morgan fingerprint density at radius 3 is 2.36 bits per heavy atom. The summed E-state index contributed by atoms with van der Waals surface area (Å²) in [6.45, 7) is 10.2. The van der Waals surface area contributed by atoms with Crippen LogP contribution in [-0.2, 0) is 35.4 Å². The van der Waals surface area contributed by atoms with Gasteiger partial charge in [-0.25, -0.2) is 0 Å². The molecular formula is C33H39NO5. The van der Waals surface area contributed by atoms with Crippen LogP contribution in [0.3, 0.4) is 0 Å². The van der Waals surface area contributed by atoms with E-state index in [1.807, 2.05) is 56.3 Å². The molecule has 0 aromatic heterocycles. The zero-order chi connectivity index (χ0) is 28.2. The van der Waals surface area contributed by atoms with Gasteiger partial charge in [0.15, 0.2) is 0 Å². The van der Waals surface area contributed by atoms with E-state index in [0.717, 1.165) is 35.3 Å². The molecule has 39 heavy (non-hydrogen) atoms. The molecule has 0 saturated carbocycles. The topological polar surface area (TPSA) is 76.1 Å². The Hall–Kier alpha value is -3.80. The number of carboxylic acid groups (broad SMARTS) is 1. The Kier molecular flexibility index (Phi) is 8.63. The van der Waals surface area contributed by atoms with Gasteiger partial charge in [-0.3, -0.25) is 9.59 Å². The summed E-state index contributed by atoms with van der Waals surface area (Å²) in [4.78, 5) is 26.3. The smallest absolute Gasteiger partial charge is 0.323 e. The monoisotopic (exact) mass is 529 g/mol. The van der Waals surface area contributed by atoms with Gasteiger partial charge in [-0.05, 0) is 61.1 Å². The lowest BCUT2D eigenvalue weighted by atomic mass is 9.90. The van der Waals surface area contributed by atoms with Crippen LogP contribution in [0.15, 0.2) is 66.7 Å². The van der Waals surface area contributed by atoms with Crippen molar-refractivity contribution in [2.75, 3.05) is 6.54 Å². The van der Waals surface area contributed by atoms with Crippen molar-refractivity contribution < 1.29 is 24.2 Å². The Labute approximate surface area is 231 Å². The molecule has 1 heterocycles. The van der Waals surface area contributed by atoms with E-state index in [1.54, 1.807) is 0 Å². The fraction of sp³-hybridized carbons (Fsp3) is 0.394. The van der Waals surface area contributed by atoms with Crippen molar-refractivity contribution in [1.29, 1.82) is 0 Å². The van der Waals surface area contributed by atoms with Gasteiger partial charge in [-0.1, -0.05) is 68.4 Å². The number of carbonyl (C=O) groups is 2. The maximum Gasteiger partial charge on any atom is 0.323 e. The van der Waals surface area contributed by atoms with Crippen LogP contribution in [0.5, 0.6) is 11.5 Å². The standard InChI is InChI=1S/C33H39NO5/c1-22(2)26-13-10-24(11-14-26)18-33(5)19-28-16-25(12-15-30(28)39-33)17-31(35)34(21-32(36)37)20-27-8-6-7-9-29(27)38-23(3)4/h6-16,22-23H,17-21H2,1-5H3,(H,36,37)/t33-/m1/s1. The van der Waals surface area contributed by atoms with Crippen LogP contribution in [0.2, 0.25) is 0 Å². The Balaban J connectivity index is 1.45. The number of aliphatic carboxylic acids is 1. The van der Waals surface area contributed by atoms with Crippen LogP contribution in [-0.4, -0.2) is 40.1 Å². The largest absolute Gasteiger partial charge is 0.491 e. The zero-order valence-electron chi connectivity index (χ0n) is 23.6. The van der Waals surface area contributed by atoms with E-state index in [-0.39, 0.29) is 37.1 Å². The number of nitrogens with zero attached hydrogens (tertiary/aromatic N) is 1. The van der Waals surface area contributed by atoms with Crippen molar-refractivity contribution in [2.24, 2.45) is 0 Å². The van der Waals surface area contributed by atoms with E-state index in [4.69, 9.17) is 9.47 Å². The van der Waals surface area contributed by atoms with Crippen LogP contribution >= 0.6 is 0 Å². The number of carbonyl (C=O) groups excluding carboxylic acids is 1. The number of ether oxygens (including phenoxy) is 2. The van der Waals surface area contributed by atoms with E-state index in [2.05, 4.69) is 45.0 Å².